The smallest absolute Gasteiger partial charge is 0.295 e. The lowest BCUT2D eigenvalue weighted by atomic mass is 10.2. The molecule has 0 aliphatic rings. The maximum absolute atomic E-state index is 10.5. The van der Waals surface area contributed by atoms with Gasteiger partial charge in [-0.15, -0.1) is 0 Å². The van der Waals surface area contributed by atoms with E-state index < -0.39 is 4.92 Å². The van der Waals surface area contributed by atoms with Crippen molar-refractivity contribution >= 4 is 27.3 Å². The summed E-state index contributed by atoms with van der Waals surface area (Å²) >= 11 is 3.17. The lowest BCUT2D eigenvalue weighted by molar-refractivity contribution is -0.384. The third-order valence-corrected chi connectivity index (χ3v) is 1.68. The molecule has 0 aromatic heterocycles. The van der Waals surface area contributed by atoms with Crippen molar-refractivity contribution < 1.29 is 9.66 Å². The Bertz CT molecular complexity index is 354. The molecule has 0 amide bonds. The van der Waals surface area contributed by atoms with Gasteiger partial charge in [0, 0.05) is 0 Å². The zero-order valence-corrected chi connectivity index (χ0v) is 9.02. The van der Waals surface area contributed by atoms with Crippen LogP contribution in [0.1, 0.15) is 6.92 Å². The third-order valence-electron chi connectivity index (χ3n) is 1.50. The zero-order valence-electron chi connectivity index (χ0n) is 7.44. The van der Waals surface area contributed by atoms with E-state index in [2.05, 4.69) is 15.9 Å². The van der Waals surface area contributed by atoms with E-state index in [0.29, 0.717) is 5.75 Å². The fraction of sp³-hybridized carbons (Fsp3) is 0.250. The third kappa shape index (κ3) is 2.59. The van der Waals surface area contributed by atoms with E-state index in [-0.39, 0.29) is 16.4 Å². The minimum Gasteiger partial charge on any atom is -0.479 e. The van der Waals surface area contributed by atoms with E-state index in [1.54, 1.807) is 13.0 Å². The molecule has 1 atom stereocenters. The van der Waals surface area contributed by atoms with Gasteiger partial charge in [0.2, 0.25) is 0 Å². The van der Waals surface area contributed by atoms with Gasteiger partial charge in [-0.3, -0.25) is 10.1 Å². The summed E-state index contributed by atoms with van der Waals surface area (Å²) < 4.78 is 5.22. The minimum atomic E-state index is -0.541. The van der Waals surface area contributed by atoms with E-state index >= 15 is 0 Å². The van der Waals surface area contributed by atoms with Crippen LogP contribution in [-0.2, 0) is 0 Å². The van der Waals surface area contributed by atoms with Gasteiger partial charge in [0.1, 0.15) is 11.4 Å². The summed E-state index contributed by atoms with van der Waals surface area (Å²) in [6, 6.07) is 4.33. The summed E-state index contributed by atoms with van der Waals surface area (Å²) in [5.41, 5.74) is 5.40. The number of rotatable bonds is 3. The second-order valence-electron chi connectivity index (χ2n) is 2.64. The standard InChI is InChI=1S/C8H9BrN2O3/c1-5(9)14-6-2-3-7(10)8(4-6)11(12)13/h2-5H,10H2,1H3. The number of nitro groups is 1. The van der Waals surface area contributed by atoms with Crippen molar-refractivity contribution in [1.29, 1.82) is 0 Å². The number of benzene rings is 1. The van der Waals surface area contributed by atoms with E-state index in [9.17, 15) is 10.1 Å². The number of ether oxygens (including phenoxy) is 1. The Morgan fingerprint density at radius 3 is 2.79 bits per heavy atom. The first-order valence-electron chi connectivity index (χ1n) is 3.85. The van der Waals surface area contributed by atoms with Crippen LogP contribution in [0.2, 0.25) is 0 Å². The summed E-state index contributed by atoms with van der Waals surface area (Å²) in [6.07, 6.45) is 0. The Hall–Kier alpha value is -1.30. The SMILES string of the molecule is CC(Br)Oc1ccc(N)c([N+](=O)[O-])c1. The molecule has 76 valence electrons. The van der Waals surface area contributed by atoms with Gasteiger partial charge in [-0.25, -0.2) is 0 Å². The van der Waals surface area contributed by atoms with Crippen molar-refractivity contribution in [1.82, 2.24) is 0 Å². The van der Waals surface area contributed by atoms with Gasteiger partial charge in [0.15, 0.2) is 5.01 Å². The second kappa shape index (κ2) is 4.28. The molecule has 14 heavy (non-hydrogen) atoms. The molecule has 1 aromatic rings. The molecular formula is C8H9BrN2O3. The second-order valence-corrected chi connectivity index (χ2v) is 3.93. The lowest BCUT2D eigenvalue weighted by Crippen LogP contribution is -2.03. The molecule has 0 heterocycles. The Morgan fingerprint density at radius 2 is 2.29 bits per heavy atom. The molecule has 0 saturated carbocycles. The summed E-state index contributed by atoms with van der Waals surface area (Å²) in [6.45, 7) is 1.77. The average Bonchev–Trinajstić information content (AvgIpc) is 2.07. The molecule has 0 saturated heterocycles. The van der Waals surface area contributed by atoms with Crippen LogP contribution in [0, 0.1) is 10.1 Å². The van der Waals surface area contributed by atoms with Crippen molar-refractivity contribution in [3.8, 4) is 5.75 Å². The molecule has 1 unspecified atom stereocenters. The highest BCUT2D eigenvalue weighted by Gasteiger charge is 2.12. The highest BCUT2D eigenvalue weighted by Crippen LogP contribution is 2.27. The largest absolute Gasteiger partial charge is 0.479 e. The minimum absolute atomic E-state index is 0.129. The Balaban J connectivity index is 3.00. The molecule has 1 aromatic carbocycles. The van der Waals surface area contributed by atoms with Crippen molar-refractivity contribution in [3.05, 3.63) is 28.3 Å². The first-order valence-corrected chi connectivity index (χ1v) is 4.77. The molecule has 1 rings (SSSR count). The zero-order chi connectivity index (χ0) is 10.7. The van der Waals surface area contributed by atoms with Gasteiger partial charge >= 0.3 is 0 Å². The molecule has 0 spiro atoms. The first kappa shape index (κ1) is 10.8. The topological polar surface area (TPSA) is 78.4 Å². The first-order chi connectivity index (χ1) is 6.50. The molecule has 0 fully saturated rings. The van der Waals surface area contributed by atoms with Crippen LogP contribution in [0.5, 0.6) is 5.75 Å². The van der Waals surface area contributed by atoms with E-state index in [1.807, 2.05) is 0 Å². The van der Waals surface area contributed by atoms with Crippen molar-refractivity contribution in [2.75, 3.05) is 5.73 Å². The van der Waals surface area contributed by atoms with Crippen LogP contribution in [-0.4, -0.2) is 9.94 Å². The molecule has 0 aliphatic carbocycles. The quantitative estimate of drug-likeness (QED) is 0.392. The van der Waals surface area contributed by atoms with Crippen LogP contribution < -0.4 is 10.5 Å². The van der Waals surface area contributed by atoms with Crippen LogP contribution in [0.4, 0.5) is 11.4 Å². The van der Waals surface area contributed by atoms with Crippen LogP contribution in [0.15, 0.2) is 18.2 Å². The van der Waals surface area contributed by atoms with Crippen LogP contribution >= 0.6 is 15.9 Å². The summed E-state index contributed by atoms with van der Waals surface area (Å²) in [5.74, 6) is 0.412. The van der Waals surface area contributed by atoms with Crippen molar-refractivity contribution in [2.24, 2.45) is 0 Å². The number of nitrogens with two attached hydrogens (primary N) is 1. The molecule has 2 N–H and O–H groups in total. The van der Waals surface area contributed by atoms with E-state index in [0.717, 1.165) is 0 Å². The molecule has 0 bridgehead atoms. The maximum atomic E-state index is 10.5. The lowest BCUT2D eigenvalue weighted by Gasteiger charge is -2.08. The van der Waals surface area contributed by atoms with Crippen LogP contribution in [0.25, 0.3) is 0 Å². The Morgan fingerprint density at radius 1 is 1.64 bits per heavy atom. The fourth-order valence-corrected chi connectivity index (χ4v) is 1.16. The van der Waals surface area contributed by atoms with E-state index in [1.165, 1.54) is 12.1 Å². The number of anilines is 1. The van der Waals surface area contributed by atoms with Crippen molar-refractivity contribution in [3.63, 3.8) is 0 Å². The van der Waals surface area contributed by atoms with Gasteiger partial charge in [-0.2, -0.15) is 0 Å². The number of nitrogens with zero attached hydrogens (tertiary/aromatic N) is 1. The van der Waals surface area contributed by atoms with Gasteiger partial charge in [-0.1, -0.05) is 0 Å². The van der Waals surface area contributed by atoms with Crippen LogP contribution in [0.3, 0.4) is 0 Å². The Labute approximate surface area is 89.1 Å². The summed E-state index contributed by atoms with van der Waals surface area (Å²) in [4.78, 5) is 9.98. The monoisotopic (exact) mass is 260 g/mol. The highest BCUT2D eigenvalue weighted by atomic mass is 79.9. The summed E-state index contributed by atoms with van der Waals surface area (Å²) in [7, 11) is 0. The van der Waals surface area contributed by atoms with Gasteiger partial charge in [-0.05, 0) is 35.0 Å². The van der Waals surface area contributed by atoms with Gasteiger partial charge in [0.05, 0.1) is 11.0 Å². The number of nitro benzene ring substituents is 1. The number of halogens is 1. The molecule has 6 heteroatoms. The normalized spacial score (nSPS) is 12.1. The number of hydrogen-bond donors (Lipinski definition) is 1. The van der Waals surface area contributed by atoms with Crippen molar-refractivity contribution in [2.45, 2.75) is 11.9 Å². The molecule has 0 aliphatic heterocycles. The highest BCUT2D eigenvalue weighted by molar-refractivity contribution is 9.09. The van der Waals surface area contributed by atoms with E-state index in [4.69, 9.17) is 10.5 Å². The van der Waals surface area contributed by atoms with Gasteiger partial charge < -0.3 is 10.5 Å². The Kier molecular flexibility index (Phi) is 3.29. The molecular weight excluding hydrogens is 252 g/mol. The average molecular weight is 261 g/mol. The summed E-state index contributed by atoms with van der Waals surface area (Å²) in [5, 5.41) is 10.3. The fourth-order valence-electron chi connectivity index (χ4n) is 0.942. The molecule has 0 radical (unpaired) electrons. The van der Waals surface area contributed by atoms with Gasteiger partial charge in [0.25, 0.3) is 5.69 Å². The number of nitrogen functional groups attached to an aromatic ring is 1. The predicted octanol–water partition coefficient (Wildman–Crippen LogP) is 2.30. The number of hydrogen-bond acceptors (Lipinski definition) is 4. The predicted molar refractivity (Wildman–Crippen MR) is 56.5 cm³/mol. The number of alkyl halides is 1. The maximum Gasteiger partial charge on any atom is 0.295 e. The molecule has 5 nitrogen and oxygen atoms in total.